The first-order valence-corrected chi connectivity index (χ1v) is 2.92. The summed E-state index contributed by atoms with van der Waals surface area (Å²) in [5, 5.41) is 9.73. The number of hydrogen-bond donors (Lipinski definition) is 1. The molecule has 0 aromatic rings. The smallest absolute Gasteiger partial charge is 0.352 e. The summed E-state index contributed by atoms with van der Waals surface area (Å²) in [5.74, 6) is -0.900. The molecule has 52 valence electrons. The molecule has 1 rings (SSSR count). The third-order valence-electron chi connectivity index (χ3n) is 1.11. The van der Waals surface area contributed by atoms with Gasteiger partial charge in [-0.1, -0.05) is 6.92 Å². The Balaban J connectivity index is 2.17. The van der Waals surface area contributed by atoms with E-state index in [1.807, 2.05) is 6.92 Å². The maximum atomic E-state index is 10.1. The van der Waals surface area contributed by atoms with Gasteiger partial charge in [0, 0.05) is 6.54 Å². The second-order valence-electron chi connectivity index (χ2n) is 1.94. The van der Waals surface area contributed by atoms with E-state index in [-0.39, 0.29) is 0 Å². The summed E-state index contributed by atoms with van der Waals surface area (Å²) in [4.78, 5) is 14.7. The van der Waals surface area contributed by atoms with Crippen LogP contribution in [0.1, 0.15) is 13.3 Å². The van der Waals surface area contributed by atoms with Gasteiger partial charge in [-0.05, 0) is 6.42 Å². The van der Waals surface area contributed by atoms with Crippen LogP contribution in [0.4, 0.5) is 0 Å². The molecule has 1 aliphatic heterocycles. The lowest BCUT2D eigenvalue weighted by atomic mass is 10.5. The summed E-state index contributed by atoms with van der Waals surface area (Å²) in [6.45, 7) is 2.68. The number of carbonyl (C=O) groups is 1. The molecule has 0 aliphatic carbocycles. The van der Waals surface area contributed by atoms with Crippen LogP contribution in [-0.2, 0) is 9.63 Å². The molecule has 0 spiro atoms. The third-order valence-corrected chi connectivity index (χ3v) is 1.11. The van der Waals surface area contributed by atoms with Gasteiger partial charge in [0.2, 0.25) is 0 Å². The first kappa shape index (κ1) is 6.51. The number of hydroxylamine groups is 2. The average molecular weight is 131 g/mol. The first-order valence-electron chi connectivity index (χ1n) is 2.92. The molecule has 1 N–H and O–H groups in total. The molecule has 1 fully saturated rings. The van der Waals surface area contributed by atoms with Gasteiger partial charge in [-0.2, -0.15) is 0 Å². The zero-order chi connectivity index (χ0) is 6.85. The Morgan fingerprint density at radius 3 is 2.89 bits per heavy atom. The first-order chi connectivity index (χ1) is 4.25. The van der Waals surface area contributed by atoms with Crippen LogP contribution in [0.15, 0.2) is 0 Å². The van der Waals surface area contributed by atoms with E-state index < -0.39 is 12.2 Å². The molecule has 4 heteroatoms. The Morgan fingerprint density at radius 1 is 1.89 bits per heavy atom. The van der Waals surface area contributed by atoms with Crippen LogP contribution in [0.2, 0.25) is 0 Å². The molecule has 1 heterocycles. The van der Waals surface area contributed by atoms with Crippen molar-refractivity contribution in [2.24, 2.45) is 0 Å². The highest BCUT2D eigenvalue weighted by Crippen LogP contribution is 2.19. The zero-order valence-corrected chi connectivity index (χ0v) is 5.20. The van der Waals surface area contributed by atoms with Crippen molar-refractivity contribution in [3.05, 3.63) is 0 Å². The molecule has 1 aliphatic rings. The number of rotatable bonds is 3. The minimum absolute atomic E-state index is 0.662. The molecule has 0 aromatic heterocycles. The van der Waals surface area contributed by atoms with Gasteiger partial charge in [0.25, 0.3) is 6.23 Å². The zero-order valence-electron chi connectivity index (χ0n) is 5.20. The topological polar surface area (TPSA) is 52.8 Å². The van der Waals surface area contributed by atoms with Crippen molar-refractivity contribution in [1.82, 2.24) is 5.06 Å². The van der Waals surface area contributed by atoms with Crippen molar-refractivity contribution in [2.75, 3.05) is 6.54 Å². The number of carboxylic acids is 1. The van der Waals surface area contributed by atoms with Gasteiger partial charge in [0.15, 0.2) is 0 Å². The lowest BCUT2D eigenvalue weighted by Crippen LogP contribution is -2.11. The Bertz CT molecular complexity index is 125. The quantitative estimate of drug-likeness (QED) is 0.550. The van der Waals surface area contributed by atoms with E-state index in [0.717, 1.165) is 6.42 Å². The number of hydrogen-bond acceptors (Lipinski definition) is 3. The lowest BCUT2D eigenvalue weighted by molar-refractivity contribution is -0.138. The van der Waals surface area contributed by atoms with Gasteiger partial charge in [-0.25, -0.2) is 4.79 Å². The highest BCUT2D eigenvalue weighted by molar-refractivity contribution is 5.73. The van der Waals surface area contributed by atoms with Crippen LogP contribution in [0.3, 0.4) is 0 Å². The van der Waals surface area contributed by atoms with Crippen LogP contribution >= 0.6 is 0 Å². The molecule has 0 amide bonds. The summed E-state index contributed by atoms with van der Waals surface area (Å²) >= 11 is 0. The molecule has 2 atom stereocenters. The van der Waals surface area contributed by atoms with Crippen molar-refractivity contribution >= 4 is 5.97 Å². The largest absolute Gasteiger partial charge is 0.478 e. The van der Waals surface area contributed by atoms with E-state index in [9.17, 15) is 4.79 Å². The Morgan fingerprint density at radius 2 is 2.56 bits per heavy atom. The molecule has 0 bridgehead atoms. The van der Waals surface area contributed by atoms with E-state index in [4.69, 9.17) is 5.11 Å². The van der Waals surface area contributed by atoms with E-state index in [1.165, 1.54) is 5.06 Å². The molecular weight excluding hydrogens is 122 g/mol. The number of carboxylic acid groups (broad SMARTS) is 1. The maximum absolute atomic E-state index is 10.1. The van der Waals surface area contributed by atoms with Crippen LogP contribution in [-0.4, -0.2) is 28.9 Å². The molecule has 0 radical (unpaired) electrons. The van der Waals surface area contributed by atoms with Crippen LogP contribution in [0.5, 0.6) is 0 Å². The molecule has 0 aromatic carbocycles. The SMILES string of the molecule is CCCN1OC1C(=O)O. The monoisotopic (exact) mass is 131 g/mol. The summed E-state index contributed by atoms with van der Waals surface area (Å²) in [5.41, 5.74) is 0. The Hall–Kier alpha value is -0.610. The van der Waals surface area contributed by atoms with E-state index in [2.05, 4.69) is 4.84 Å². The predicted octanol–water partition coefficient (Wildman–Crippen LogP) is 0.0543. The highest BCUT2D eigenvalue weighted by Gasteiger charge is 2.42. The van der Waals surface area contributed by atoms with E-state index in [1.54, 1.807) is 0 Å². The lowest BCUT2D eigenvalue weighted by Gasteiger charge is -1.87. The molecule has 4 nitrogen and oxygen atoms in total. The average Bonchev–Trinajstić information content (AvgIpc) is 2.47. The van der Waals surface area contributed by atoms with E-state index in [0.29, 0.717) is 6.54 Å². The van der Waals surface area contributed by atoms with Crippen LogP contribution in [0, 0.1) is 0 Å². The predicted molar refractivity (Wildman–Crippen MR) is 29.5 cm³/mol. The molecular formula is C5H9NO3. The second-order valence-corrected chi connectivity index (χ2v) is 1.94. The van der Waals surface area contributed by atoms with Crippen molar-refractivity contribution in [1.29, 1.82) is 0 Å². The van der Waals surface area contributed by atoms with Crippen molar-refractivity contribution in [3.8, 4) is 0 Å². The third kappa shape index (κ3) is 1.40. The minimum Gasteiger partial charge on any atom is -0.478 e. The van der Waals surface area contributed by atoms with Gasteiger partial charge in [0.05, 0.1) is 0 Å². The van der Waals surface area contributed by atoms with Crippen molar-refractivity contribution in [2.45, 2.75) is 19.6 Å². The van der Waals surface area contributed by atoms with Crippen molar-refractivity contribution in [3.63, 3.8) is 0 Å². The van der Waals surface area contributed by atoms with Gasteiger partial charge in [0.1, 0.15) is 0 Å². The standard InChI is InChI=1S/C5H9NO3/c1-2-3-6-4(9-6)5(7)8/h4H,2-3H2,1H3,(H,7,8). The normalized spacial score (nSPS) is 32.1. The highest BCUT2D eigenvalue weighted by atomic mass is 16.8. The summed E-state index contributed by atoms with van der Waals surface area (Å²) in [7, 11) is 0. The number of aliphatic carboxylic acids is 1. The maximum Gasteiger partial charge on any atom is 0.352 e. The fraction of sp³-hybridized carbons (Fsp3) is 0.800. The van der Waals surface area contributed by atoms with Crippen LogP contribution < -0.4 is 0 Å². The van der Waals surface area contributed by atoms with Crippen molar-refractivity contribution < 1.29 is 14.7 Å². The Labute approximate surface area is 53.0 Å². The summed E-state index contributed by atoms with van der Waals surface area (Å²) < 4.78 is 0. The molecule has 0 saturated carbocycles. The van der Waals surface area contributed by atoms with Gasteiger partial charge >= 0.3 is 5.97 Å². The van der Waals surface area contributed by atoms with E-state index >= 15 is 0 Å². The van der Waals surface area contributed by atoms with Gasteiger partial charge < -0.3 is 5.11 Å². The fourth-order valence-electron chi connectivity index (χ4n) is 0.660. The summed E-state index contributed by atoms with van der Waals surface area (Å²) in [6.07, 6.45) is 0.258. The molecule has 9 heavy (non-hydrogen) atoms. The molecule has 1 saturated heterocycles. The van der Waals surface area contributed by atoms with Gasteiger partial charge in [-0.15, -0.1) is 5.06 Å². The molecule has 2 unspecified atom stereocenters. The Kier molecular flexibility index (Phi) is 1.68. The number of nitrogens with zero attached hydrogens (tertiary/aromatic N) is 1. The fourth-order valence-corrected chi connectivity index (χ4v) is 0.660. The summed E-state index contributed by atoms with van der Waals surface area (Å²) in [6, 6.07) is 0. The van der Waals surface area contributed by atoms with Gasteiger partial charge in [-0.3, -0.25) is 4.84 Å². The second kappa shape index (κ2) is 2.33. The van der Waals surface area contributed by atoms with Crippen LogP contribution in [0.25, 0.3) is 0 Å². The minimum atomic E-state index is -0.900.